The summed E-state index contributed by atoms with van der Waals surface area (Å²) in [5, 5.41) is 2.96. The molecule has 2 aromatic rings. The molecule has 0 bridgehead atoms. The van der Waals surface area contributed by atoms with Crippen LogP contribution >= 0.6 is 11.8 Å². The first-order chi connectivity index (χ1) is 9.52. The number of nitrogens with two attached hydrogens (primary N) is 1. The van der Waals surface area contributed by atoms with Crippen LogP contribution in [0.1, 0.15) is 21.5 Å². The minimum absolute atomic E-state index is 0.0952. The van der Waals surface area contributed by atoms with Crippen molar-refractivity contribution in [3.05, 3.63) is 53.1 Å². The molecule has 0 aliphatic heterocycles. The van der Waals surface area contributed by atoms with Gasteiger partial charge in [0, 0.05) is 16.3 Å². The first kappa shape index (κ1) is 14.5. The third-order valence-corrected chi connectivity index (χ3v) is 4.01. The number of anilines is 2. The van der Waals surface area contributed by atoms with Crippen molar-refractivity contribution in [3.63, 3.8) is 0 Å². The summed E-state index contributed by atoms with van der Waals surface area (Å²) in [6.45, 7) is 3.87. The van der Waals surface area contributed by atoms with Gasteiger partial charge in [0.25, 0.3) is 5.91 Å². The maximum atomic E-state index is 12.4. The van der Waals surface area contributed by atoms with E-state index in [4.69, 9.17) is 5.73 Å². The van der Waals surface area contributed by atoms with Crippen LogP contribution in [0.3, 0.4) is 0 Å². The predicted molar refractivity (Wildman–Crippen MR) is 86.5 cm³/mol. The Morgan fingerprint density at radius 2 is 1.85 bits per heavy atom. The monoisotopic (exact) mass is 286 g/mol. The number of nitrogen functional groups attached to an aromatic ring is 1. The van der Waals surface area contributed by atoms with Gasteiger partial charge in [-0.2, -0.15) is 0 Å². The fourth-order valence-electron chi connectivity index (χ4n) is 2.00. The largest absolute Gasteiger partial charge is 0.399 e. The topological polar surface area (TPSA) is 55.1 Å². The maximum Gasteiger partial charge on any atom is 0.256 e. The van der Waals surface area contributed by atoms with Gasteiger partial charge in [-0.1, -0.05) is 12.1 Å². The number of hydrogen-bond acceptors (Lipinski definition) is 3. The van der Waals surface area contributed by atoms with Gasteiger partial charge in [0.2, 0.25) is 0 Å². The summed E-state index contributed by atoms with van der Waals surface area (Å²) in [6, 6.07) is 11.4. The molecule has 0 aliphatic carbocycles. The molecule has 0 unspecified atom stereocenters. The lowest BCUT2D eigenvalue weighted by Gasteiger charge is -2.12. The second-order valence-corrected chi connectivity index (χ2v) is 5.53. The number of benzene rings is 2. The Kier molecular flexibility index (Phi) is 4.35. The van der Waals surface area contributed by atoms with Crippen LogP contribution in [0.2, 0.25) is 0 Å². The number of carbonyl (C=O) groups excluding carboxylic acids is 1. The van der Waals surface area contributed by atoms with Crippen molar-refractivity contribution in [2.75, 3.05) is 17.3 Å². The van der Waals surface area contributed by atoms with Crippen LogP contribution in [0.15, 0.2) is 41.3 Å². The summed E-state index contributed by atoms with van der Waals surface area (Å²) in [7, 11) is 0. The zero-order valence-electron chi connectivity index (χ0n) is 11.9. The second kappa shape index (κ2) is 6.01. The second-order valence-electron chi connectivity index (χ2n) is 4.68. The molecule has 20 heavy (non-hydrogen) atoms. The smallest absolute Gasteiger partial charge is 0.256 e. The number of rotatable bonds is 3. The molecule has 0 fully saturated rings. The number of amides is 1. The van der Waals surface area contributed by atoms with Crippen molar-refractivity contribution in [1.82, 2.24) is 0 Å². The quantitative estimate of drug-likeness (QED) is 0.665. The Hall–Kier alpha value is -1.94. The molecule has 2 rings (SSSR count). The van der Waals surface area contributed by atoms with Gasteiger partial charge < -0.3 is 11.1 Å². The van der Waals surface area contributed by atoms with Crippen molar-refractivity contribution in [3.8, 4) is 0 Å². The van der Waals surface area contributed by atoms with E-state index in [9.17, 15) is 4.79 Å². The summed E-state index contributed by atoms with van der Waals surface area (Å²) >= 11 is 1.56. The molecular weight excluding hydrogens is 268 g/mol. The first-order valence-corrected chi connectivity index (χ1v) is 7.56. The van der Waals surface area contributed by atoms with Crippen molar-refractivity contribution < 1.29 is 4.79 Å². The zero-order valence-corrected chi connectivity index (χ0v) is 12.7. The van der Waals surface area contributed by atoms with Crippen LogP contribution < -0.4 is 11.1 Å². The minimum Gasteiger partial charge on any atom is -0.399 e. The summed E-state index contributed by atoms with van der Waals surface area (Å²) in [5.74, 6) is -0.0952. The molecule has 0 saturated heterocycles. The van der Waals surface area contributed by atoms with Gasteiger partial charge in [0.05, 0.1) is 5.56 Å². The Morgan fingerprint density at radius 3 is 2.55 bits per heavy atom. The van der Waals surface area contributed by atoms with E-state index in [0.29, 0.717) is 5.56 Å². The first-order valence-electron chi connectivity index (χ1n) is 6.34. The van der Waals surface area contributed by atoms with E-state index >= 15 is 0 Å². The van der Waals surface area contributed by atoms with Crippen molar-refractivity contribution >= 4 is 29.0 Å². The number of aryl methyl sites for hydroxylation is 2. The lowest BCUT2D eigenvalue weighted by molar-refractivity contribution is 0.102. The predicted octanol–water partition coefficient (Wildman–Crippen LogP) is 3.86. The summed E-state index contributed by atoms with van der Waals surface area (Å²) in [5.41, 5.74) is 10.0. The molecule has 2 aromatic carbocycles. The number of carbonyl (C=O) groups is 1. The van der Waals surface area contributed by atoms with Crippen molar-refractivity contribution in [1.29, 1.82) is 0 Å². The van der Waals surface area contributed by atoms with E-state index in [1.807, 2.05) is 56.5 Å². The highest BCUT2D eigenvalue weighted by Gasteiger charge is 2.12. The molecule has 0 aliphatic rings. The fraction of sp³-hybridized carbons (Fsp3) is 0.188. The fourth-order valence-corrected chi connectivity index (χ4v) is 2.59. The van der Waals surface area contributed by atoms with E-state index < -0.39 is 0 Å². The Bertz CT molecular complexity index is 653. The van der Waals surface area contributed by atoms with Gasteiger partial charge in [-0.25, -0.2) is 0 Å². The molecule has 0 radical (unpaired) electrons. The average molecular weight is 286 g/mol. The van der Waals surface area contributed by atoms with Crippen molar-refractivity contribution in [2.24, 2.45) is 0 Å². The zero-order chi connectivity index (χ0) is 14.7. The molecule has 0 heterocycles. The van der Waals surface area contributed by atoms with Crippen molar-refractivity contribution in [2.45, 2.75) is 18.7 Å². The molecule has 0 atom stereocenters. The molecular formula is C16H18N2OS. The van der Waals surface area contributed by atoms with Gasteiger partial charge in [-0.3, -0.25) is 4.79 Å². The molecule has 3 N–H and O–H groups in total. The Balaban J connectivity index is 2.30. The van der Waals surface area contributed by atoms with E-state index in [-0.39, 0.29) is 5.91 Å². The third-order valence-electron chi connectivity index (χ3n) is 3.21. The van der Waals surface area contributed by atoms with E-state index in [2.05, 4.69) is 5.32 Å². The summed E-state index contributed by atoms with van der Waals surface area (Å²) < 4.78 is 0. The van der Waals surface area contributed by atoms with Gasteiger partial charge in [-0.15, -0.1) is 11.8 Å². The molecule has 0 saturated carbocycles. The average Bonchev–Trinajstić information content (AvgIpc) is 2.44. The third kappa shape index (κ3) is 2.96. The van der Waals surface area contributed by atoms with Gasteiger partial charge in [0.15, 0.2) is 0 Å². The lowest BCUT2D eigenvalue weighted by Crippen LogP contribution is -2.14. The van der Waals surface area contributed by atoms with Crippen LogP contribution in [0, 0.1) is 13.8 Å². The van der Waals surface area contributed by atoms with Crippen LogP contribution in [0.25, 0.3) is 0 Å². The highest BCUT2D eigenvalue weighted by molar-refractivity contribution is 7.98. The number of thioether (sulfide) groups is 1. The summed E-state index contributed by atoms with van der Waals surface area (Å²) in [6.07, 6.45) is 1.96. The van der Waals surface area contributed by atoms with Crippen LogP contribution in [0.4, 0.5) is 11.4 Å². The highest BCUT2D eigenvalue weighted by atomic mass is 32.2. The molecule has 104 valence electrons. The molecule has 1 amide bonds. The Morgan fingerprint density at radius 1 is 1.15 bits per heavy atom. The molecule has 0 spiro atoms. The standard InChI is InChI=1S/C16H18N2OS/c1-10-9-14(11(2)8-13(10)17)18-16(19)12-6-4-5-7-15(12)20-3/h4-9H,17H2,1-3H3,(H,18,19). The molecule has 4 heteroatoms. The van der Waals surface area contributed by atoms with E-state index in [1.54, 1.807) is 11.8 Å². The molecule has 0 aromatic heterocycles. The van der Waals surface area contributed by atoms with E-state index in [0.717, 1.165) is 27.4 Å². The number of nitrogens with one attached hydrogen (secondary N) is 1. The van der Waals surface area contributed by atoms with Gasteiger partial charge in [-0.05, 0) is 55.5 Å². The molecule has 3 nitrogen and oxygen atoms in total. The van der Waals surface area contributed by atoms with Crippen LogP contribution in [-0.2, 0) is 0 Å². The SMILES string of the molecule is CSc1ccccc1C(=O)Nc1cc(C)c(N)cc1C. The lowest BCUT2D eigenvalue weighted by atomic mass is 10.1. The van der Waals surface area contributed by atoms with Crippen LogP contribution in [-0.4, -0.2) is 12.2 Å². The van der Waals surface area contributed by atoms with Gasteiger partial charge in [0.1, 0.15) is 0 Å². The highest BCUT2D eigenvalue weighted by Crippen LogP contribution is 2.25. The Labute approximate surface area is 123 Å². The van der Waals surface area contributed by atoms with Crippen LogP contribution in [0.5, 0.6) is 0 Å². The van der Waals surface area contributed by atoms with Gasteiger partial charge >= 0.3 is 0 Å². The minimum atomic E-state index is -0.0952. The van der Waals surface area contributed by atoms with E-state index in [1.165, 1.54) is 0 Å². The number of hydrogen-bond donors (Lipinski definition) is 2. The summed E-state index contributed by atoms with van der Waals surface area (Å²) in [4.78, 5) is 13.4. The maximum absolute atomic E-state index is 12.4. The normalized spacial score (nSPS) is 10.3.